The van der Waals surface area contributed by atoms with Gasteiger partial charge >= 0.3 is 0 Å². The molecule has 0 fully saturated rings. The van der Waals surface area contributed by atoms with E-state index in [0.29, 0.717) is 0 Å². The van der Waals surface area contributed by atoms with Gasteiger partial charge in [-0.3, -0.25) is 0 Å². The van der Waals surface area contributed by atoms with E-state index in [1.54, 1.807) is 0 Å². The Hall–Kier alpha value is -0.900. The predicted molar refractivity (Wildman–Crippen MR) is 92.4 cm³/mol. The van der Waals surface area contributed by atoms with Gasteiger partial charge in [-0.1, -0.05) is 50.1 Å². The smallest absolute Gasteiger partial charge is 0.0975 e. The number of hydrogen-bond acceptors (Lipinski definition) is 3. The average Bonchev–Trinajstić information content (AvgIpc) is 2.84. The minimum absolute atomic E-state index is 0.828. The summed E-state index contributed by atoms with van der Waals surface area (Å²) in [6, 6.07) is 8.03. The summed E-state index contributed by atoms with van der Waals surface area (Å²) in [6.07, 6.45) is 4.18. The van der Waals surface area contributed by atoms with Crippen LogP contribution in [0.25, 0.3) is 0 Å². The maximum atomic E-state index is 6.25. The van der Waals surface area contributed by atoms with Crippen LogP contribution in [0.1, 0.15) is 47.8 Å². The number of nitrogens with one attached hydrogen (secondary N) is 1. The molecule has 0 aliphatic heterocycles. The highest BCUT2D eigenvalue weighted by atomic mass is 35.5. The quantitative estimate of drug-likeness (QED) is 0.703. The fraction of sp³-hybridized carbons (Fsp3) is 0.471. The molecule has 114 valence electrons. The number of thiazole rings is 1. The number of aryl methyl sites for hydroxylation is 1. The van der Waals surface area contributed by atoms with Crippen LogP contribution >= 0.6 is 22.9 Å². The first kappa shape index (κ1) is 16.5. The fourth-order valence-electron chi connectivity index (χ4n) is 2.27. The largest absolute Gasteiger partial charge is 0.312 e. The summed E-state index contributed by atoms with van der Waals surface area (Å²) in [7, 11) is 0. The van der Waals surface area contributed by atoms with Crippen molar-refractivity contribution in [3.8, 4) is 0 Å². The molecule has 0 saturated carbocycles. The Bertz CT molecular complexity index is 566. The minimum atomic E-state index is 0.828. The van der Waals surface area contributed by atoms with Gasteiger partial charge in [-0.05, 0) is 31.0 Å². The van der Waals surface area contributed by atoms with E-state index in [0.717, 1.165) is 49.4 Å². The van der Waals surface area contributed by atoms with Crippen molar-refractivity contribution in [3.05, 3.63) is 50.4 Å². The molecule has 2 rings (SSSR count). The van der Waals surface area contributed by atoms with Crippen molar-refractivity contribution in [3.63, 3.8) is 0 Å². The molecule has 1 heterocycles. The van der Waals surface area contributed by atoms with E-state index in [1.807, 2.05) is 29.5 Å². The van der Waals surface area contributed by atoms with E-state index in [-0.39, 0.29) is 0 Å². The van der Waals surface area contributed by atoms with Crippen molar-refractivity contribution in [1.29, 1.82) is 0 Å². The maximum absolute atomic E-state index is 6.25. The third kappa shape index (κ3) is 4.80. The standard InChI is InChI=1S/C17H23ClN2S/c1-3-7-15-16(12-19-10-4-2)21-17(20-15)11-13-8-5-6-9-14(13)18/h5-6,8-9,19H,3-4,7,10-12H2,1-2H3. The molecule has 0 saturated heterocycles. The van der Waals surface area contributed by atoms with Gasteiger partial charge in [-0.25, -0.2) is 4.98 Å². The monoisotopic (exact) mass is 322 g/mol. The zero-order valence-corrected chi connectivity index (χ0v) is 14.4. The Kier molecular flexibility index (Phi) is 6.68. The normalized spacial score (nSPS) is 11.0. The number of hydrogen-bond donors (Lipinski definition) is 1. The number of halogens is 1. The lowest BCUT2D eigenvalue weighted by Gasteiger charge is -2.02. The third-order valence-corrected chi connectivity index (χ3v) is 4.79. The van der Waals surface area contributed by atoms with E-state index in [2.05, 4.69) is 25.2 Å². The van der Waals surface area contributed by atoms with Gasteiger partial charge in [-0.15, -0.1) is 11.3 Å². The molecular weight excluding hydrogens is 300 g/mol. The first-order valence-electron chi connectivity index (χ1n) is 7.66. The highest BCUT2D eigenvalue weighted by Crippen LogP contribution is 2.25. The number of benzene rings is 1. The molecule has 0 atom stereocenters. The Labute approximate surface area is 136 Å². The van der Waals surface area contributed by atoms with Gasteiger partial charge < -0.3 is 5.32 Å². The highest BCUT2D eigenvalue weighted by molar-refractivity contribution is 7.11. The summed E-state index contributed by atoms with van der Waals surface area (Å²) >= 11 is 8.07. The van der Waals surface area contributed by atoms with E-state index < -0.39 is 0 Å². The molecule has 2 aromatic rings. The number of nitrogens with zero attached hydrogens (tertiary/aromatic N) is 1. The average molecular weight is 323 g/mol. The topological polar surface area (TPSA) is 24.9 Å². The Morgan fingerprint density at radius 3 is 2.71 bits per heavy atom. The van der Waals surface area contributed by atoms with Crippen LogP contribution in [0.15, 0.2) is 24.3 Å². The molecule has 1 aromatic carbocycles. The third-order valence-electron chi connectivity index (χ3n) is 3.32. The van der Waals surface area contributed by atoms with Gasteiger partial charge in [0.1, 0.15) is 0 Å². The summed E-state index contributed by atoms with van der Waals surface area (Å²) in [4.78, 5) is 6.22. The van der Waals surface area contributed by atoms with Crippen LogP contribution < -0.4 is 5.32 Å². The molecule has 21 heavy (non-hydrogen) atoms. The Balaban J connectivity index is 2.12. The van der Waals surface area contributed by atoms with Crippen LogP contribution in [0.4, 0.5) is 0 Å². The van der Waals surface area contributed by atoms with Crippen molar-refractivity contribution in [2.75, 3.05) is 6.54 Å². The molecule has 0 spiro atoms. The lowest BCUT2D eigenvalue weighted by Crippen LogP contribution is -2.13. The summed E-state index contributed by atoms with van der Waals surface area (Å²) < 4.78 is 0. The molecule has 0 aliphatic rings. The molecule has 1 N–H and O–H groups in total. The van der Waals surface area contributed by atoms with Crippen molar-refractivity contribution in [2.45, 2.75) is 46.1 Å². The summed E-state index contributed by atoms with van der Waals surface area (Å²) in [5.41, 5.74) is 2.41. The first-order valence-corrected chi connectivity index (χ1v) is 8.85. The molecule has 4 heteroatoms. The SMILES string of the molecule is CCCNCc1sc(Cc2ccccc2Cl)nc1CCC. The zero-order chi connectivity index (χ0) is 15.1. The van der Waals surface area contributed by atoms with Crippen LogP contribution in [0.5, 0.6) is 0 Å². The lowest BCUT2D eigenvalue weighted by atomic mass is 10.1. The molecule has 0 radical (unpaired) electrons. The van der Waals surface area contributed by atoms with E-state index in [1.165, 1.54) is 15.6 Å². The molecule has 0 bridgehead atoms. The van der Waals surface area contributed by atoms with Gasteiger partial charge in [0.2, 0.25) is 0 Å². The number of rotatable bonds is 8. The first-order chi connectivity index (χ1) is 10.2. The maximum Gasteiger partial charge on any atom is 0.0975 e. The van der Waals surface area contributed by atoms with Crippen LogP contribution in [-0.4, -0.2) is 11.5 Å². The summed E-state index contributed by atoms with van der Waals surface area (Å²) in [5, 5.41) is 5.48. The van der Waals surface area contributed by atoms with Gasteiger partial charge in [0.25, 0.3) is 0 Å². The predicted octanol–water partition coefficient (Wildman–Crippen LogP) is 4.84. The molecule has 0 amide bonds. The van der Waals surface area contributed by atoms with E-state index in [9.17, 15) is 0 Å². The van der Waals surface area contributed by atoms with E-state index >= 15 is 0 Å². The van der Waals surface area contributed by atoms with Gasteiger partial charge in [0.15, 0.2) is 0 Å². The van der Waals surface area contributed by atoms with Crippen molar-refractivity contribution < 1.29 is 0 Å². The highest BCUT2D eigenvalue weighted by Gasteiger charge is 2.11. The molecule has 1 aromatic heterocycles. The lowest BCUT2D eigenvalue weighted by molar-refractivity contribution is 0.674. The van der Waals surface area contributed by atoms with Gasteiger partial charge in [-0.2, -0.15) is 0 Å². The van der Waals surface area contributed by atoms with Gasteiger partial charge in [0.05, 0.1) is 10.7 Å². The summed E-state index contributed by atoms with van der Waals surface area (Å²) in [5.74, 6) is 0. The van der Waals surface area contributed by atoms with Crippen LogP contribution in [0, 0.1) is 0 Å². The molecule has 0 unspecified atom stereocenters. The van der Waals surface area contributed by atoms with Crippen LogP contribution in [-0.2, 0) is 19.4 Å². The van der Waals surface area contributed by atoms with Crippen molar-refractivity contribution in [1.82, 2.24) is 10.3 Å². The second-order valence-corrected chi connectivity index (χ2v) is 6.75. The molecule has 0 aliphatic carbocycles. The second-order valence-electron chi connectivity index (χ2n) is 5.17. The van der Waals surface area contributed by atoms with Crippen LogP contribution in [0.3, 0.4) is 0 Å². The Morgan fingerprint density at radius 1 is 1.19 bits per heavy atom. The fourth-order valence-corrected chi connectivity index (χ4v) is 3.58. The minimum Gasteiger partial charge on any atom is -0.312 e. The van der Waals surface area contributed by atoms with Gasteiger partial charge in [0, 0.05) is 22.9 Å². The van der Waals surface area contributed by atoms with E-state index in [4.69, 9.17) is 16.6 Å². The Morgan fingerprint density at radius 2 is 2.00 bits per heavy atom. The number of aromatic nitrogens is 1. The van der Waals surface area contributed by atoms with Crippen molar-refractivity contribution >= 4 is 22.9 Å². The summed E-state index contributed by atoms with van der Waals surface area (Å²) in [6.45, 7) is 6.39. The van der Waals surface area contributed by atoms with Crippen molar-refractivity contribution in [2.24, 2.45) is 0 Å². The molecule has 2 nitrogen and oxygen atoms in total. The molecular formula is C17H23ClN2S. The van der Waals surface area contributed by atoms with Crippen LogP contribution in [0.2, 0.25) is 5.02 Å². The second kappa shape index (κ2) is 8.52. The zero-order valence-electron chi connectivity index (χ0n) is 12.8.